The topological polar surface area (TPSA) is 74.0 Å². The standard InChI is InChI=1S/C19H26F2N4O2/c1-23-19(26)25-8-11-6-24(7-12(11)9-25)14-5-17(22)18(27-10-14)15-4-13(20)2-3-16(15)21/h2-4,14,17-19,23,26H,5-10,22H2,1H3. The minimum Gasteiger partial charge on any atom is -0.370 e. The molecule has 148 valence electrons. The highest BCUT2D eigenvalue weighted by Gasteiger charge is 2.39. The number of halogens is 2. The van der Waals surface area contributed by atoms with Gasteiger partial charge in [-0.1, -0.05) is 0 Å². The number of benzene rings is 1. The molecule has 1 aromatic carbocycles. The first-order valence-electron chi connectivity index (χ1n) is 9.31. The van der Waals surface area contributed by atoms with Crippen LogP contribution in [0.15, 0.2) is 29.3 Å². The van der Waals surface area contributed by atoms with Gasteiger partial charge in [0.2, 0.25) is 0 Å². The summed E-state index contributed by atoms with van der Waals surface area (Å²) in [5, 5.41) is 12.8. The van der Waals surface area contributed by atoms with Gasteiger partial charge in [-0.25, -0.2) is 8.78 Å². The van der Waals surface area contributed by atoms with Gasteiger partial charge >= 0.3 is 0 Å². The van der Waals surface area contributed by atoms with Crippen molar-refractivity contribution in [3.63, 3.8) is 0 Å². The molecule has 0 bridgehead atoms. The molecule has 0 saturated carbocycles. The summed E-state index contributed by atoms with van der Waals surface area (Å²) in [6.45, 7) is 3.62. The van der Waals surface area contributed by atoms with Gasteiger partial charge in [0.1, 0.15) is 17.7 Å². The lowest BCUT2D eigenvalue weighted by molar-refractivity contribution is -0.0483. The van der Waals surface area contributed by atoms with Gasteiger partial charge in [-0.3, -0.25) is 15.1 Å². The van der Waals surface area contributed by atoms with Gasteiger partial charge < -0.3 is 15.6 Å². The van der Waals surface area contributed by atoms with Crippen molar-refractivity contribution < 1.29 is 18.6 Å². The van der Waals surface area contributed by atoms with Crippen molar-refractivity contribution in [2.75, 3.05) is 39.8 Å². The van der Waals surface area contributed by atoms with Crippen molar-refractivity contribution in [2.24, 2.45) is 5.73 Å². The van der Waals surface area contributed by atoms with E-state index in [1.165, 1.54) is 17.2 Å². The van der Waals surface area contributed by atoms with Crippen LogP contribution in [0.2, 0.25) is 0 Å². The summed E-state index contributed by atoms with van der Waals surface area (Å²) in [6.07, 6.45) is -0.581. The quantitative estimate of drug-likeness (QED) is 0.523. The second-order valence-electron chi connectivity index (χ2n) is 7.65. The molecular formula is C19H26F2N4O2. The molecule has 0 aliphatic carbocycles. The number of nitrogens with two attached hydrogens (primary N) is 1. The molecule has 1 saturated heterocycles. The number of hydrogen-bond donors (Lipinski definition) is 3. The number of rotatable bonds is 4. The van der Waals surface area contributed by atoms with Crippen molar-refractivity contribution in [1.82, 2.24) is 15.1 Å². The Morgan fingerprint density at radius 3 is 2.56 bits per heavy atom. The zero-order valence-corrected chi connectivity index (χ0v) is 15.4. The summed E-state index contributed by atoms with van der Waals surface area (Å²) >= 11 is 0. The summed E-state index contributed by atoms with van der Waals surface area (Å²) in [4.78, 5) is 4.33. The van der Waals surface area contributed by atoms with Crippen molar-refractivity contribution in [1.29, 1.82) is 0 Å². The molecule has 4 atom stereocenters. The summed E-state index contributed by atoms with van der Waals surface area (Å²) in [5.74, 6) is -0.974. The Bertz CT molecular complexity index is 726. The van der Waals surface area contributed by atoms with E-state index in [2.05, 4.69) is 10.2 Å². The Labute approximate surface area is 157 Å². The number of nitrogens with one attached hydrogen (secondary N) is 1. The number of nitrogens with zero attached hydrogens (tertiary/aromatic N) is 2. The molecule has 0 radical (unpaired) electrons. The largest absolute Gasteiger partial charge is 0.370 e. The first-order chi connectivity index (χ1) is 13.0. The molecular weight excluding hydrogens is 354 g/mol. The van der Waals surface area contributed by atoms with Crippen molar-refractivity contribution in [2.45, 2.75) is 31.0 Å². The fraction of sp³-hybridized carbons (Fsp3) is 0.579. The molecule has 4 rings (SSSR count). The van der Waals surface area contributed by atoms with Gasteiger partial charge in [0.15, 0.2) is 6.35 Å². The van der Waals surface area contributed by atoms with E-state index in [1.54, 1.807) is 7.05 Å². The minimum atomic E-state index is -0.627. The van der Waals surface area contributed by atoms with Crippen LogP contribution in [0.25, 0.3) is 0 Å². The Morgan fingerprint density at radius 2 is 1.93 bits per heavy atom. The van der Waals surface area contributed by atoms with Crippen LogP contribution in [0.5, 0.6) is 0 Å². The number of aliphatic hydroxyl groups is 1. The second kappa shape index (κ2) is 7.54. The Hall–Kier alpha value is -1.42. The van der Waals surface area contributed by atoms with Gasteiger partial charge in [0.05, 0.1) is 6.61 Å². The van der Waals surface area contributed by atoms with Crippen LogP contribution >= 0.6 is 0 Å². The molecule has 3 heterocycles. The second-order valence-corrected chi connectivity index (χ2v) is 7.65. The van der Waals surface area contributed by atoms with E-state index in [-0.39, 0.29) is 11.6 Å². The zero-order valence-electron chi connectivity index (χ0n) is 15.4. The summed E-state index contributed by atoms with van der Waals surface area (Å²) < 4.78 is 33.4. The van der Waals surface area contributed by atoms with Gasteiger partial charge in [-0.15, -0.1) is 0 Å². The van der Waals surface area contributed by atoms with Crippen molar-refractivity contribution in [3.05, 3.63) is 46.5 Å². The predicted molar refractivity (Wildman–Crippen MR) is 96.7 cm³/mol. The average molecular weight is 380 g/mol. The smallest absolute Gasteiger partial charge is 0.163 e. The minimum absolute atomic E-state index is 0.154. The highest BCUT2D eigenvalue weighted by Crippen LogP contribution is 2.34. The van der Waals surface area contributed by atoms with E-state index in [9.17, 15) is 13.9 Å². The molecule has 1 aromatic rings. The summed E-state index contributed by atoms with van der Waals surface area (Å²) in [7, 11) is 1.74. The SMILES string of the molecule is CNC(O)N1CC2=C(CN(C3COC(c4cc(F)ccc4F)C(N)C3)C2)C1. The third-order valence-electron chi connectivity index (χ3n) is 5.86. The van der Waals surface area contributed by atoms with E-state index in [1.807, 2.05) is 4.90 Å². The summed E-state index contributed by atoms with van der Waals surface area (Å²) in [5.41, 5.74) is 9.16. The van der Waals surface area contributed by atoms with Crippen LogP contribution in [0.3, 0.4) is 0 Å². The van der Waals surface area contributed by atoms with Crippen LogP contribution in [-0.2, 0) is 4.74 Å². The summed E-state index contributed by atoms with van der Waals surface area (Å²) in [6, 6.07) is 3.15. The van der Waals surface area contributed by atoms with Crippen LogP contribution < -0.4 is 11.1 Å². The molecule has 4 N–H and O–H groups in total. The Balaban J connectivity index is 1.36. The highest BCUT2D eigenvalue weighted by atomic mass is 19.1. The molecule has 0 aromatic heterocycles. The van der Waals surface area contributed by atoms with E-state index < -0.39 is 30.1 Å². The molecule has 27 heavy (non-hydrogen) atoms. The predicted octanol–water partition coefficient (Wildman–Crippen LogP) is 0.545. The average Bonchev–Trinajstić information content (AvgIpc) is 3.22. The van der Waals surface area contributed by atoms with Crippen LogP contribution in [0, 0.1) is 11.6 Å². The van der Waals surface area contributed by atoms with Crippen molar-refractivity contribution >= 4 is 0 Å². The molecule has 8 heteroatoms. The van der Waals surface area contributed by atoms with Gasteiger partial charge in [0, 0.05) is 43.8 Å². The molecule has 0 amide bonds. The molecule has 3 aliphatic heterocycles. The molecule has 0 spiro atoms. The van der Waals surface area contributed by atoms with Gasteiger partial charge in [-0.05, 0) is 42.8 Å². The first-order valence-corrected chi connectivity index (χ1v) is 9.31. The van der Waals surface area contributed by atoms with E-state index in [4.69, 9.17) is 10.5 Å². The first kappa shape index (κ1) is 18.9. The van der Waals surface area contributed by atoms with Gasteiger partial charge in [0.25, 0.3) is 0 Å². The fourth-order valence-electron chi connectivity index (χ4n) is 4.41. The monoisotopic (exact) mass is 380 g/mol. The maximum Gasteiger partial charge on any atom is 0.163 e. The fourth-order valence-corrected chi connectivity index (χ4v) is 4.41. The Kier molecular flexibility index (Phi) is 5.28. The van der Waals surface area contributed by atoms with Crippen LogP contribution in [-0.4, -0.2) is 73.2 Å². The normalized spacial score (nSPS) is 30.8. The van der Waals surface area contributed by atoms with Crippen molar-refractivity contribution in [3.8, 4) is 0 Å². The maximum atomic E-state index is 14.1. The zero-order chi connectivity index (χ0) is 19.1. The van der Waals surface area contributed by atoms with Crippen LogP contribution in [0.4, 0.5) is 8.78 Å². The molecule has 3 aliphatic rings. The third-order valence-corrected chi connectivity index (χ3v) is 5.86. The number of ether oxygens (including phenoxy) is 1. The van der Waals surface area contributed by atoms with E-state index in [0.29, 0.717) is 13.0 Å². The molecule has 6 nitrogen and oxygen atoms in total. The van der Waals surface area contributed by atoms with E-state index in [0.717, 1.165) is 38.3 Å². The highest BCUT2D eigenvalue weighted by molar-refractivity contribution is 5.31. The number of aliphatic hydroxyl groups excluding tert-OH is 1. The molecule has 4 unspecified atom stereocenters. The molecule has 1 fully saturated rings. The Morgan fingerprint density at radius 1 is 1.22 bits per heavy atom. The lowest BCUT2D eigenvalue weighted by atomic mass is 9.93. The van der Waals surface area contributed by atoms with Crippen LogP contribution in [0.1, 0.15) is 18.1 Å². The third kappa shape index (κ3) is 3.65. The van der Waals surface area contributed by atoms with E-state index >= 15 is 0 Å². The lowest BCUT2D eigenvalue weighted by Crippen LogP contribution is -2.50. The lowest BCUT2D eigenvalue weighted by Gasteiger charge is -2.39. The van der Waals surface area contributed by atoms with Gasteiger partial charge in [-0.2, -0.15) is 0 Å². The maximum absolute atomic E-state index is 14.1. The number of hydrogen-bond acceptors (Lipinski definition) is 6.